The zero-order chi connectivity index (χ0) is 12.8. The highest BCUT2D eigenvalue weighted by atomic mass is 28.4. The highest BCUT2D eigenvalue weighted by Crippen LogP contribution is 2.29. The maximum absolute atomic E-state index is 6.18. The quantitative estimate of drug-likeness (QED) is 0.509. The molecule has 4 heteroatoms. The maximum atomic E-state index is 6.18. The fraction of sp³-hybridized carbons (Fsp3) is 1.00. The van der Waals surface area contributed by atoms with Crippen LogP contribution in [0.25, 0.3) is 0 Å². The molecule has 0 heterocycles. The van der Waals surface area contributed by atoms with E-state index in [0.29, 0.717) is 6.61 Å². The van der Waals surface area contributed by atoms with Gasteiger partial charge >= 0.3 is 8.56 Å². The zero-order valence-corrected chi connectivity index (χ0v) is 12.9. The molecule has 0 aromatic heterocycles. The van der Waals surface area contributed by atoms with Gasteiger partial charge in [-0.25, -0.2) is 0 Å². The summed E-state index contributed by atoms with van der Waals surface area (Å²) in [6.45, 7) is 13.4. The molecule has 16 heavy (non-hydrogen) atoms. The summed E-state index contributed by atoms with van der Waals surface area (Å²) in [7, 11) is -0.362. The molecule has 0 amide bonds. The first-order valence-electron chi connectivity index (χ1n) is 6.19. The molecule has 3 nitrogen and oxygen atoms in total. The Morgan fingerprint density at radius 3 is 1.81 bits per heavy atom. The minimum atomic E-state index is -2.06. The van der Waals surface area contributed by atoms with Gasteiger partial charge in [-0.05, 0) is 19.0 Å². The number of methoxy groups -OCH3 is 1. The van der Waals surface area contributed by atoms with E-state index in [9.17, 15) is 0 Å². The molecule has 0 saturated heterocycles. The molecule has 0 aliphatic rings. The van der Waals surface area contributed by atoms with Crippen LogP contribution in [-0.2, 0) is 13.6 Å². The van der Waals surface area contributed by atoms with Gasteiger partial charge in [0, 0.05) is 19.1 Å². The third kappa shape index (κ3) is 4.53. The van der Waals surface area contributed by atoms with Gasteiger partial charge in [-0.1, -0.05) is 34.6 Å². The van der Waals surface area contributed by atoms with Gasteiger partial charge in [0.15, 0.2) is 6.29 Å². The van der Waals surface area contributed by atoms with Crippen molar-refractivity contribution in [3.63, 3.8) is 0 Å². The highest BCUT2D eigenvalue weighted by molar-refractivity contribution is 6.67. The molecule has 0 aliphatic heterocycles. The van der Waals surface area contributed by atoms with Crippen LogP contribution in [0.15, 0.2) is 0 Å². The van der Waals surface area contributed by atoms with Crippen LogP contribution in [0, 0.1) is 5.41 Å². The minimum absolute atomic E-state index is 0.0194. The zero-order valence-electron chi connectivity index (χ0n) is 11.9. The number of hydrogen-bond donors (Lipinski definition) is 0. The first-order chi connectivity index (χ1) is 7.35. The number of ether oxygens (including phenoxy) is 1. The molecule has 1 unspecified atom stereocenters. The SMILES string of the molecule is CCO[Si](CC)(CC)OC(OC)C(C)(C)C. The molecular weight excluding hydrogens is 220 g/mol. The van der Waals surface area contributed by atoms with Crippen LogP contribution >= 0.6 is 0 Å². The highest BCUT2D eigenvalue weighted by Gasteiger charge is 2.39. The first kappa shape index (κ1) is 16.1. The molecule has 0 spiro atoms. The van der Waals surface area contributed by atoms with Gasteiger partial charge in [-0.15, -0.1) is 0 Å². The lowest BCUT2D eigenvalue weighted by atomic mass is 9.96. The summed E-state index contributed by atoms with van der Waals surface area (Å²) in [5, 5.41) is 0. The number of rotatable bonds is 7. The van der Waals surface area contributed by atoms with Gasteiger partial charge in [0.05, 0.1) is 0 Å². The Kier molecular flexibility index (Phi) is 6.78. The van der Waals surface area contributed by atoms with E-state index in [1.54, 1.807) is 7.11 Å². The Hall–Kier alpha value is 0.0969. The Morgan fingerprint density at radius 2 is 1.56 bits per heavy atom. The Bertz CT molecular complexity index is 185. The molecular formula is C12H28O3Si. The summed E-state index contributed by atoms with van der Waals surface area (Å²) in [5.74, 6) is 0. The van der Waals surface area contributed by atoms with E-state index in [-0.39, 0.29) is 11.7 Å². The van der Waals surface area contributed by atoms with Gasteiger partial charge in [0.1, 0.15) is 0 Å². The van der Waals surface area contributed by atoms with E-state index >= 15 is 0 Å². The van der Waals surface area contributed by atoms with Crippen LogP contribution in [0.3, 0.4) is 0 Å². The van der Waals surface area contributed by atoms with Crippen molar-refractivity contribution in [2.45, 2.75) is 59.9 Å². The molecule has 0 rings (SSSR count). The van der Waals surface area contributed by atoms with Gasteiger partial charge in [-0.2, -0.15) is 0 Å². The number of hydrogen-bond acceptors (Lipinski definition) is 3. The fourth-order valence-electron chi connectivity index (χ4n) is 1.69. The second kappa shape index (κ2) is 6.74. The van der Waals surface area contributed by atoms with Crippen LogP contribution < -0.4 is 0 Å². The summed E-state index contributed by atoms with van der Waals surface area (Å²) in [4.78, 5) is 0. The molecule has 0 fully saturated rings. The van der Waals surface area contributed by atoms with Crippen molar-refractivity contribution in [1.82, 2.24) is 0 Å². The van der Waals surface area contributed by atoms with Gasteiger partial charge < -0.3 is 13.6 Å². The van der Waals surface area contributed by atoms with Crippen molar-refractivity contribution < 1.29 is 13.6 Å². The normalized spacial score (nSPS) is 15.2. The third-order valence-electron chi connectivity index (χ3n) is 2.73. The Morgan fingerprint density at radius 1 is 1.06 bits per heavy atom. The van der Waals surface area contributed by atoms with Crippen molar-refractivity contribution in [1.29, 1.82) is 0 Å². The topological polar surface area (TPSA) is 27.7 Å². The predicted molar refractivity (Wildman–Crippen MR) is 69.7 cm³/mol. The summed E-state index contributed by atoms with van der Waals surface area (Å²) < 4.78 is 17.5. The summed E-state index contributed by atoms with van der Waals surface area (Å²) in [6.07, 6.45) is -0.189. The minimum Gasteiger partial charge on any atom is -0.394 e. The van der Waals surface area contributed by atoms with Gasteiger partial charge in [0.25, 0.3) is 0 Å². The van der Waals surface area contributed by atoms with Gasteiger partial charge in [0.2, 0.25) is 0 Å². The fourth-order valence-corrected chi connectivity index (χ4v) is 4.37. The van der Waals surface area contributed by atoms with E-state index in [2.05, 4.69) is 34.6 Å². The molecule has 1 atom stereocenters. The molecule has 0 saturated carbocycles. The van der Waals surface area contributed by atoms with Crippen LogP contribution in [0.2, 0.25) is 12.1 Å². The van der Waals surface area contributed by atoms with Gasteiger partial charge in [-0.3, -0.25) is 0 Å². The summed E-state index contributed by atoms with van der Waals surface area (Å²) in [6, 6.07) is 1.93. The van der Waals surface area contributed by atoms with E-state index < -0.39 is 8.56 Å². The smallest absolute Gasteiger partial charge is 0.339 e. The average molecular weight is 248 g/mol. The van der Waals surface area contributed by atoms with Crippen molar-refractivity contribution >= 4 is 8.56 Å². The molecule has 0 aromatic carbocycles. The van der Waals surface area contributed by atoms with Crippen LogP contribution in [-0.4, -0.2) is 28.6 Å². The predicted octanol–water partition coefficient (Wildman–Crippen LogP) is 3.54. The van der Waals surface area contributed by atoms with E-state index in [1.165, 1.54) is 0 Å². The second-order valence-corrected chi connectivity index (χ2v) is 8.86. The molecule has 98 valence electrons. The molecule has 0 aliphatic carbocycles. The summed E-state index contributed by atoms with van der Waals surface area (Å²) in [5.41, 5.74) is -0.0194. The van der Waals surface area contributed by atoms with E-state index in [1.807, 2.05) is 6.92 Å². The lowest BCUT2D eigenvalue weighted by Gasteiger charge is -2.37. The Balaban J connectivity index is 4.71. The van der Waals surface area contributed by atoms with Crippen molar-refractivity contribution in [2.75, 3.05) is 13.7 Å². The van der Waals surface area contributed by atoms with Crippen molar-refractivity contribution in [3.05, 3.63) is 0 Å². The summed E-state index contributed by atoms with van der Waals surface area (Å²) >= 11 is 0. The monoisotopic (exact) mass is 248 g/mol. The van der Waals surface area contributed by atoms with Crippen molar-refractivity contribution in [2.24, 2.45) is 5.41 Å². The van der Waals surface area contributed by atoms with Crippen LogP contribution in [0.4, 0.5) is 0 Å². The standard InChI is InChI=1S/C12H28O3Si/c1-8-14-16(9-2,10-3)15-11(13-7)12(4,5)6/h11H,8-10H2,1-7H3. The maximum Gasteiger partial charge on any atom is 0.339 e. The average Bonchev–Trinajstić information content (AvgIpc) is 2.22. The van der Waals surface area contributed by atoms with E-state index in [4.69, 9.17) is 13.6 Å². The van der Waals surface area contributed by atoms with E-state index in [0.717, 1.165) is 12.1 Å². The van der Waals surface area contributed by atoms with Crippen molar-refractivity contribution in [3.8, 4) is 0 Å². The first-order valence-corrected chi connectivity index (χ1v) is 8.42. The van der Waals surface area contributed by atoms with Crippen LogP contribution in [0.5, 0.6) is 0 Å². The second-order valence-electron chi connectivity index (χ2n) is 5.10. The Labute approximate surface area is 102 Å². The van der Waals surface area contributed by atoms with Crippen LogP contribution in [0.1, 0.15) is 41.5 Å². The molecule has 0 N–H and O–H groups in total. The molecule has 0 bridgehead atoms. The molecule has 0 aromatic rings. The lowest BCUT2D eigenvalue weighted by molar-refractivity contribution is -0.138. The molecule has 0 radical (unpaired) electrons. The third-order valence-corrected chi connectivity index (χ3v) is 6.34. The largest absolute Gasteiger partial charge is 0.394 e. The lowest BCUT2D eigenvalue weighted by Crippen LogP contribution is -2.48.